The second-order valence-electron chi connectivity index (χ2n) is 6.67. The standard InChI is InChI=1S/C20H11F4N7O/c21-14-11(5-6-13(15(14)22)19-27-28-20(32-19)17(23)24)9-31-29-18(26-30-31)16-12-4-2-1-3-10(12)7-8-25-16/h1-8,17H,9H2. The smallest absolute Gasteiger partial charge is 0.314 e. The van der Waals surface area contributed by atoms with E-state index in [1.54, 1.807) is 6.20 Å². The fourth-order valence-corrected chi connectivity index (χ4v) is 3.16. The van der Waals surface area contributed by atoms with E-state index in [0.717, 1.165) is 21.6 Å². The van der Waals surface area contributed by atoms with Gasteiger partial charge in [0.2, 0.25) is 5.82 Å². The molecule has 0 unspecified atom stereocenters. The molecule has 160 valence electrons. The molecule has 0 saturated carbocycles. The van der Waals surface area contributed by atoms with Crippen molar-refractivity contribution in [3.05, 3.63) is 71.8 Å². The summed E-state index contributed by atoms with van der Waals surface area (Å²) in [5.74, 6) is -3.84. The first kappa shape index (κ1) is 19.7. The summed E-state index contributed by atoms with van der Waals surface area (Å²) < 4.78 is 59.1. The Morgan fingerprint density at radius 3 is 2.59 bits per heavy atom. The van der Waals surface area contributed by atoms with Crippen LogP contribution in [0.3, 0.4) is 0 Å². The number of nitrogens with zero attached hydrogens (tertiary/aromatic N) is 7. The number of rotatable bonds is 5. The molecule has 5 rings (SSSR count). The van der Waals surface area contributed by atoms with Crippen molar-refractivity contribution in [1.29, 1.82) is 0 Å². The fraction of sp³-hybridized carbons (Fsp3) is 0.100. The Morgan fingerprint density at radius 2 is 1.78 bits per heavy atom. The van der Waals surface area contributed by atoms with Gasteiger partial charge in [-0.25, -0.2) is 8.78 Å². The Kier molecular flexibility index (Phi) is 4.81. The fourth-order valence-electron chi connectivity index (χ4n) is 3.16. The van der Waals surface area contributed by atoms with Crippen molar-refractivity contribution in [2.45, 2.75) is 13.0 Å². The van der Waals surface area contributed by atoms with Crippen molar-refractivity contribution >= 4 is 10.8 Å². The number of hydrogen-bond donors (Lipinski definition) is 0. The summed E-state index contributed by atoms with van der Waals surface area (Å²) in [7, 11) is 0. The van der Waals surface area contributed by atoms with Crippen molar-refractivity contribution in [3.63, 3.8) is 0 Å². The van der Waals surface area contributed by atoms with E-state index >= 15 is 0 Å². The van der Waals surface area contributed by atoms with E-state index in [1.807, 2.05) is 30.3 Å². The van der Waals surface area contributed by atoms with E-state index in [2.05, 4.69) is 35.0 Å². The number of hydrogen-bond acceptors (Lipinski definition) is 7. The molecule has 8 nitrogen and oxygen atoms in total. The Morgan fingerprint density at radius 1 is 0.938 bits per heavy atom. The topological polar surface area (TPSA) is 95.4 Å². The molecule has 0 aliphatic heterocycles. The van der Waals surface area contributed by atoms with Crippen LogP contribution in [0.5, 0.6) is 0 Å². The SMILES string of the molecule is Fc1c(Cn2nnc(-c3nccc4ccccc34)n2)ccc(-c2nnc(C(F)F)o2)c1F. The van der Waals surface area contributed by atoms with Crippen LogP contribution in [0.4, 0.5) is 17.6 Å². The Hall–Kier alpha value is -4.22. The highest BCUT2D eigenvalue weighted by molar-refractivity contribution is 5.92. The van der Waals surface area contributed by atoms with E-state index in [0.29, 0.717) is 5.69 Å². The Labute approximate surface area is 176 Å². The number of alkyl halides is 2. The summed E-state index contributed by atoms with van der Waals surface area (Å²) in [6.45, 7) is -0.229. The van der Waals surface area contributed by atoms with Crippen LogP contribution in [-0.2, 0) is 6.54 Å². The summed E-state index contributed by atoms with van der Waals surface area (Å²) in [5, 5.41) is 20.3. The van der Waals surface area contributed by atoms with Gasteiger partial charge in [-0.1, -0.05) is 30.3 Å². The molecule has 0 spiro atoms. The predicted molar refractivity (Wildman–Crippen MR) is 102 cm³/mol. The van der Waals surface area contributed by atoms with Crippen LogP contribution >= 0.6 is 0 Å². The number of tetrazole rings is 1. The zero-order chi connectivity index (χ0) is 22.2. The molecule has 0 saturated heterocycles. The third-order valence-corrected chi connectivity index (χ3v) is 4.67. The van der Waals surface area contributed by atoms with Gasteiger partial charge >= 0.3 is 6.43 Å². The van der Waals surface area contributed by atoms with E-state index in [-0.39, 0.29) is 17.9 Å². The molecule has 0 bridgehead atoms. The van der Waals surface area contributed by atoms with Crippen molar-refractivity contribution in [1.82, 2.24) is 35.4 Å². The third-order valence-electron chi connectivity index (χ3n) is 4.67. The average Bonchev–Trinajstić information content (AvgIpc) is 3.47. The Bertz CT molecular complexity index is 1430. The van der Waals surface area contributed by atoms with Gasteiger partial charge in [-0.15, -0.1) is 20.4 Å². The number of fused-ring (bicyclic) bond motifs is 1. The van der Waals surface area contributed by atoms with Crippen LogP contribution in [0.15, 0.2) is 53.1 Å². The zero-order valence-electron chi connectivity index (χ0n) is 16.0. The molecular weight excluding hydrogens is 430 g/mol. The molecule has 0 aliphatic carbocycles. The molecule has 0 N–H and O–H groups in total. The van der Waals surface area contributed by atoms with Gasteiger partial charge in [0, 0.05) is 17.1 Å². The number of aromatic nitrogens is 7. The van der Waals surface area contributed by atoms with Crippen LogP contribution in [0.2, 0.25) is 0 Å². The molecular formula is C20H11F4N7O. The van der Waals surface area contributed by atoms with E-state index in [4.69, 9.17) is 0 Å². The lowest BCUT2D eigenvalue weighted by Gasteiger charge is -2.05. The van der Waals surface area contributed by atoms with Gasteiger partial charge in [-0.3, -0.25) is 4.98 Å². The molecule has 0 amide bonds. The monoisotopic (exact) mass is 441 g/mol. The van der Waals surface area contributed by atoms with Gasteiger partial charge in [-0.05, 0) is 22.7 Å². The molecule has 3 heterocycles. The third kappa shape index (κ3) is 3.45. The van der Waals surface area contributed by atoms with Gasteiger partial charge in [-0.2, -0.15) is 13.6 Å². The van der Waals surface area contributed by atoms with Crippen LogP contribution in [-0.4, -0.2) is 35.4 Å². The molecule has 0 fully saturated rings. The number of benzene rings is 2. The van der Waals surface area contributed by atoms with Crippen molar-refractivity contribution in [2.24, 2.45) is 0 Å². The minimum Gasteiger partial charge on any atom is -0.415 e. The summed E-state index contributed by atoms with van der Waals surface area (Å²) in [4.78, 5) is 5.39. The van der Waals surface area contributed by atoms with Crippen LogP contribution < -0.4 is 0 Å². The molecule has 32 heavy (non-hydrogen) atoms. The molecule has 5 aromatic rings. The quantitative estimate of drug-likeness (QED) is 0.377. The predicted octanol–water partition coefficient (Wildman–Crippen LogP) is 4.20. The summed E-state index contributed by atoms with van der Waals surface area (Å²) >= 11 is 0. The highest BCUT2D eigenvalue weighted by Gasteiger charge is 2.22. The van der Waals surface area contributed by atoms with Crippen LogP contribution in [0, 0.1) is 11.6 Å². The summed E-state index contributed by atoms with van der Waals surface area (Å²) in [6, 6.07) is 11.8. The minimum absolute atomic E-state index is 0.0883. The number of halogens is 4. The maximum Gasteiger partial charge on any atom is 0.314 e. The summed E-state index contributed by atoms with van der Waals surface area (Å²) in [5.41, 5.74) is -0.0184. The van der Waals surface area contributed by atoms with Crippen LogP contribution in [0.25, 0.3) is 33.7 Å². The second-order valence-corrected chi connectivity index (χ2v) is 6.67. The highest BCUT2D eigenvalue weighted by atomic mass is 19.3. The highest BCUT2D eigenvalue weighted by Crippen LogP contribution is 2.28. The van der Waals surface area contributed by atoms with Gasteiger partial charge in [0.15, 0.2) is 11.6 Å². The maximum atomic E-state index is 14.6. The van der Waals surface area contributed by atoms with Crippen molar-refractivity contribution < 1.29 is 22.0 Å². The lowest BCUT2D eigenvalue weighted by Crippen LogP contribution is -2.07. The van der Waals surface area contributed by atoms with Gasteiger partial charge in [0.25, 0.3) is 11.8 Å². The molecule has 3 aromatic heterocycles. The summed E-state index contributed by atoms with van der Waals surface area (Å²) in [6.07, 6.45) is -1.41. The number of pyridine rings is 1. The Balaban J connectivity index is 1.44. The van der Waals surface area contributed by atoms with E-state index < -0.39 is 35.4 Å². The lowest BCUT2D eigenvalue weighted by atomic mass is 10.1. The normalized spacial score (nSPS) is 11.5. The zero-order valence-corrected chi connectivity index (χ0v) is 16.0. The van der Waals surface area contributed by atoms with E-state index in [9.17, 15) is 17.6 Å². The molecule has 0 aliphatic rings. The molecule has 0 radical (unpaired) electrons. The largest absolute Gasteiger partial charge is 0.415 e. The maximum absolute atomic E-state index is 14.6. The molecule has 0 atom stereocenters. The first-order chi connectivity index (χ1) is 15.5. The minimum atomic E-state index is -3.02. The van der Waals surface area contributed by atoms with Gasteiger partial charge < -0.3 is 4.42 Å². The van der Waals surface area contributed by atoms with Crippen molar-refractivity contribution in [3.8, 4) is 23.0 Å². The van der Waals surface area contributed by atoms with E-state index in [1.165, 1.54) is 6.07 Å². The van der Waals surface area contributed by atoms with Crippen molar-refractivity contribution in [2.75, 3.05) is 0 Å². The lowest BCUT2D eigenvalue weighted by molar-refractivity contribution is 0.116. The molecule has 12 heteroatoms. The molecule has 2 aromatic carbocycles. The van der Waals surface area contributed by atoms with Gasteiger partial charge in [0.1, 0.15) is 5.69 Å². The average molecular weight is 441 g/mol. The first-order valence-electron chi connectivity index (χ1n) is 9.22. The van der Waals surface area contributed by atoms with Gasteiger partial charge in [0.05, 0.1) is 12.1 Å². The van der Waals surface area contributed by atoms with Crippen LogP contribution in [0.1, 0.15) is 17.9 Å². The first-order valence-corrected chi connectivity index (χ1v) is 9.22. The second kappa shape index (κ2) is 7.80.